The van der Waals surface area contributed by atoms with Crippen molar-refractivity contribution in [1.29, 1.82) is 0 Å². The second-order valence-corrected chi connectivity index (χ2v) is 6.60. The fourth-order valence-electron chi connectivity index (χ4n) is 3.38. The summed E-state index contributed by atoms with van der Waals surface area (Å²) in [5, 5.41) is 0. The number of furan rings is 1. The first-order valence-electron chi connectivity index (χ1n) is 8.71. The summed E-state index contributed by atoms with van der Waals surface area (Å²) in [7, 11) is 1.85. The van der Waals surface area contributed by atoms with Crippen LogP contribution in [0.25, 0.3) is 0 Å². The zero-order valence-corrected chi connectivity index (χ0v) is 15.5. The Morgan fingerprint density at radius 1 is 1.12 bits per heavy atom. The highest BCUT2D eigenvalue weighted by molar-refractivity contribution is 5.96. The largest absolute Gasteiger partial charge is 0.466 e. The molecular formula is C20H26N2O3. The molecule has 25 heavy (non-hydrogen) atoms. The van der Waals surface area contributed by atoms with Crippen molar-refractivity contribution in [3.05, 3.63) is 52.5 Å². The molecule has 0 bridgehead atoms. The van der Waals surface area contributed by atoms with Gasteiger partial charge in [-0.3, -0.25) is 4.79 Å². The van der Waals surface area contributed by atoms with Crippen LogP contribution >= 0.6 is 0 Å². The monoisotopic (exact) mass is 342 g/mol. The van der Waals surface area contributed by atoms with Crippen LogP contribution in [0.5, 0.6) is 0 Å². The molecule has 1 saturated heterocycles. The Balaban J connectivity index is 1.81. The fourth-order valence-corrected chi connectivity index (χ4v) is 3.38. The second-order valence-electron chi connectivity index (χ2n) is 6.60. The first-order valence-corrected chi connectivity index (χ1v) is 8.71. The van der Waals surface area contributed by atoms with Gasteiger partial charge >= 0.3 is 0 Å². The van der Waals surface area contributed by atoms with Crippen LogP contribution in [0.3, 0.4) is 0 Å². The summed E-state index contributed by atoms with van der Waals surface area (Å²) in [6.07, 6.45) is 0. The summed E-state index contributed by atoms with van der Waals surface area (Å²) < 4.78 is 11.1. The van der Waals surface area contributed by atoms with E-state index in [1.807, 2.05) is 40.0 Å². The van der Waals surface area contributed by atoms with Crippen molar-refractivity contribution in [2.75, 3.05) is 38.3 Å². The van der Waals surface area contributed by atoms with Crippen LogP contribution in [-0.2, 0) is 11.3 Å². The number of para-hydroxylation sites is 1. The van der Waals surface area contributed by atoms with E-state index in [0.717, 1.165) is 43.2 Å². The molecule has 0 unspecified atom stereocenters. The Bertz CT molecular complexity index is 760. The number of aryl methyl sites for hydroxylation is 2. The molecule has 0 atom stereocenters. The molecule has 134 valence electrons. The number of hydrogen-bond donors (Lipinski definition) is 0. The molecule has 2 aromatic rings. The molecule has 0 N–H and O–H groups in total. The highest BCUT2D eigenvalue weighted by atomic mass is 16.5. The van der Waals surface area contributed by atoms with Crippen LogP contribution in [0.2, 0.25) is 0 Å². The maximum Gasteiger partial charge on any atom is 0.257 e. The standard InChI is InChI=1S/C20H26N2O3/c1-14-15(2)25-16(3)19(14)20(23)21(4)13-17-7-5-6-8-18(17)22-9-11-24-12-10-22/h5-8H,9-13H2,1-4H3. The van der Waals surface area contributed by atoms with Crippen molar-refractivity contribution in [3.63, 3.8) is 0 Å². The lowest BCUT2D eigenvalue weighted by atomic mass is 10.1. The van der Waals surface area contributed by atoms with Crippen molar-refractivity contribution >= 4 is 11.6 Å². The molecule has 1 aromatic heterocycles. The van der Waals surface area contributed by atoms with Gasteiger partial charge in [-0.25, -0.2) is 0 Å². The number of rotatable bonds is 4. The van der Waals surface area contributed by atoms with Crippen LogP contribution in [0.1, 0.15) is 33.0 Å². The first kappa shape index (κ1) is 17.5. The molecule has 3 rings (SSSR count). The van der Waals surface area contributed by atoms with Crippen molar-refractivity contribution in [1.82, 2.24) is 4.90 Å². The Morgan fingerprint density at radius 3 is 2.44 bits per heavy atom. The van der Waals surface area contributed by atoms with Gasteiger partial charge in [0.15, 0.2) is 0 Å². The molecule has 0 radical (unpaired) electrons. The lowest BCUT2D eigenvalue weighted by Crippen LogP contribution is -2.37. The molecular weight excluding hydrogens is 316 g/mol. The molecule has 0 aliphatic carbocycles. The molecule has 1 aliphatic rings. The average molecular weight is 342 g/mol. The average Bonchev–Trinajstić information content (AvgIpc) is 2.87. The number of anilines is 1. The van der Waals surface area contributed by atoms with Gasteiger partial charge in [0.05, 0.1) is 18.8 Å². The van der Waals surface area contributed by atoms with Gasteiger partial charge in [-0.2, -0.15) is 0 Å². The van der Waals surface area contributed by atoms with Crippen LogP contribution < -0.4 is 4.90 Å². The van der Waals surface area contributed by atoms with Crippen molar-refractivity contribution in [3.8, 4) is 0 Å². The second kappa shape index (κ2) is 7.31. The minimum Gasteiger partial charge on any atom is -0.466 e. The Labute approximate surface area is 149 Å². The van der Waals surface area contributed by atoms with Crippen LogP contribution in [0.4, 0.5) is 5.69 Å². The minimum atomic E-state index is 0.00336. The minimum absolute atomic E-state index is 0.00336. The van der Waals surface area contributed by atoms with Crippen LogP contribution in [-0.4, -0.2) is 44.2 Å². The summed E-state index contributed by atoms with van der Waals surface area (Å²) in [6.45, 7) is 9.51. The highest BCUT2D eigenvalue weighted by Crippen LogP contribution is 2.25. The quantitative estimate of drug-likeness (QED) is 0.855. The Hall–Kier alpha value is -2.27. The van der Waals surface area contributed by atoms with Gasteiger partial charge in [-0.05, 0) is 32.4 Å². The number of ether oxygens (including phenoxy) is 1. The fraction of sp³-hybridized carbons (Fsp3) is 0.450. The third-order valence-corrected chi connectivity index (χ3v) is 4.87. The van der Waals surface area contributed by atoms with Crippen molar-refractivity contribution in [2.45, 2.75) is 27.3 Å². The van der Waals surface area contributed by atoms with E-state index in [-0.39, 0.29) is 5.91 Å². The van der Waals surface area contributed by atoms with Crippen LogP contribution in [0, 0.1) is 20.8 Å². The zero-order chi connectivity index (χ0) is 18.0. The summed E-state index contributed by atoms with van der Waals surface area (Å²) in [5.74, 6) is 1.50. The predicted molar refractivity (Wildman–Crippen MR) is 98.2 cm³/mol. The number of hydrogen-bond acceptors (Lipinski definition) is 4. The molecule has 0 spiro atoms. The molecule has 5 heteroatoms. The molecule has 1 amide bonds. The number of amides is 1. The molecule has 0 saturated carbocycles. The SMILES string of the molecule is Cc1oc(C)c(C(=O)N(C)Cc2ccccc2N2CCOCC2)c1C. The third-order valence-electron chi connectivity index (χ3n) is 4.87. The number of carbonyl (C=O) groups is 1. The lowest BCUT2D eigenvalue weighted by Gasteiger charge is -2.31. The number of morpholine rings is 1. The first-order chi connectivity index (χ1) is 12.0. The molecule has 1 aliphatic heterocycles. The van der Waals surface area contributed by atoms with Gasteiger partial charge < -0.3 is 19.0 Å². The van der Waals surface area contributed by atoms with E-state index in [1.54, 1.807) is 4.90 Å². The van der Waals surface area contributed by atoms with Gasteiger partial charge in [-0.1, -0.05) is 18.2 Å². The summed E-state index contributed by atoms with van der Waals surface area (Å²) in [4.78, 5) is 17.0. The number of carbonyl (C=O) groups excluding carboxylic acids is 1. The van der Waals surface area contributed by atoms with Gasteiger partial charge in [0.2, 0.25) is 0 Å². The number of benzene rings is 1. The topological polar surface area (TPSA) is 45.9 Å². The van der Waals surface area contributed by atoms with E-state index in [9.17, 15) is 4.79 Å². The maximum atomic E-state index is 12.9. The molecule has 1 fully saturated rings. The van der Waals surface area contributed by atoms with Crippen molar-refractivity contribution in [2.24, 2.45) is 0 Å². The van der Waals surface area contributed by atoms with E-state index in [0.29, 0.717) is 17.9 Å². The lowest BCUT2D eigenvalue weighted by molar-refractivity contribution is 0.0782. The van der Waals surface area contributed by atoms with Gasteiger partial charge in [0.1, 0.15) is 11.5 Å². The Morgan fingerprint density at radius 2 is 1.80 bits per heavy atom. The van der Waals surface area contributed by atoms with E-state index in [1.165, 1.54) is 5.69 Å². The maximum absolute atomic E-state index is 12.9. The van der Waals surface area contributed by atoms with Gasteiger partial charge in [0, 0.05) is 37.9 Å². The van der Waals surface area contributed by atoms with E-state index < -0.39 is 0 Å². The van der Waals surface area contributed by atoms with Crippen molar-refractivity contribution < 1.29 is 13.9 Å². The zero-order valence-electron chi connectivity index (χ0n) is 15.5. The van der Waals surface area contributed by atoms with E-state index in [4.69, 9.17) is 9.15 Å². The smallest absolute Gasteiger partial charge is 0.257 e. The van der Waals surface area contributed by atoms with E-state index >= 15 is 0 Å². The molecule has 2 heterocycles. The highest BCUT2D eigenvalue weighted by Gasteiger charge is 2.23. The summed E-state index contributed by atoms with van der Waals surface area (Å²) in [5.41, 5.74) is 3.94. The predicted octanol–water partition coefficient (Wildman–Crippen LogP) is 3.31. The molecule has 5 nitrogen and oxygen atoms in total. The Kier molecular flexibility index (Phi) is 5.13. The van der Waals surface area contributed by atoms with E-state index in [2.05, 4.69) is 17.0 Å². The molecule has 1 aromatic carbocycles. The summed E-state index contributed by atoms with van der Waals surface area (Å²) in [6, 6.07) is 8.28. The third kappa shape index (κ3) is 3.56. The van der Waals surface area contributed by atoms with Gasteiger partial charge in [0.25, 0.3) is 5.91 Å². The normalized spacial score (nSPS) is 14.6. The van der Waals surface area contributed by atoms with Crippen LogP contribution in [0.15, 0.2) is 28.7 Å². The van der Waals surface area contributed by atoms with Gasteiger partial charge in [-0.15, -0.1) is 0 Å². The number of nitrogens with zero attached hydrogens (tertiary/aromatic N) is 2. The summed E-state index contributed by atoms with van der Waals surface area (Å²) >= 11 is 0.